The fourth-order valence-corrected chi connectivity index (χ4v) is 3.91. The number of esters is 1. The van der Waals surface area contributed by atoms with Crippen LogP contribution in [0.15, 0.2) is 64.4 Å². The van der Waals surface area contributed by atoms with Crippen LogP contribution in [-0.4, -0.2) is 58.1 Å². The number of carboxylic acid groups (broad SMARTS) is 2. The van der Waals surface area contributed by atoms with Crippen LogP contribution in [0, 0.1) is 0 Å². The molecule has 33 heavy (non-hydrogen) atoms. The van der Waals surface area contributed by atoms with Crippen LogP contribution in [0.1, 0.15) is 31.7 Å². The average molecular weight is 477 g/mol. The second-order valence-corrected chi connectivity index (χ2v) is 8.40. The van der Waals surface area contributed by atoms with Crippen molar-refractivity contribution >= 4 is 29.7 Å². The van der Waals surface area contributed by atoms with Crippen LogP contribution in [0.3, 0.4) is 0 Å². The third-order valence-corrected chi connectivity index (χ3v) is 5.83. The quantitative estimate of drug-likeness (QED) is 0.213. The summed E-state index contributed by atoms with van der Waals surface area (Å²) in [6.45, 7) is 1.07. The molecule has 0 aliphatic carbocycles. The van der Waals surface area contributed by atoms with Crippen molar-refractivity contribution in [3.8, 4) is 0 Å². The van der Waals surface area contributed by atoms with Gasteiger partial charge >= 0.3 is 17.9 Å². The Labute approximate surface area is 196 Å². The summed E-state index contributed by atoms with van der Waals surface area (Å²) in [6, 6.07) is 18.3. The minimum absolute atomic E-state index is 0.126. The van der Waals surface area contributed by atoms with Crippen molar-refractivity contribution in [3.63, 3.8) is 0 Å². The summed E-state index contributed by atoms with van der Waals surface area (Å²) in [5, 5.41) is 28.7. The first kappa shape index (κ1) is 26.4. The Bertz CT molecular complexity index is 916. The number of unbranched alkanes of at least 4 members (excludes halogenated alkanes) is 2. The van der Waals surface area contributed by atoms with E-state index in [1.54, 1.807) is 11.8 Å². The van der Waals surface area contributed by atoms with Gasteiger partial charge in [0.05, 0.1) is 6.61 Å². The summed E-state index contributed by atoms with van der Waals surface area (Å²) in [5.41, 5.74) is -2.15. The van der Waals surface area contributed by atoms with E-state index < -0.39 is 29.6 Å². The molecule has 0 amide bonds. The molecule has 2 rings (SSSR count). The molecule has 0 saturated heterocycles. The van der Waals surface area contributed by atoms with Crippen molar-refractivity contribution in [1.82, 2.24) is 0 Å². The van der Waals surface area contributed by atoms with Crippen LogP contribution in [0.5, 0.6) is 0 Å². The van der Waals surface area contributed by atoms with Gasteiger partial charge in [-0.05, 0) is 56.0 Å². The molecule has 0 fully saturated rings. The first-order chi connectivity index (χ1) is 15.8. The molecule has 0 heterocycles. The van der Waals surface area contributed by atoms with E-state index in [9.17, 15) is 29.7 Å². The fourth-order valence-electron chi connectivity index (χ4n) is 3.08. The Balaban J connectivity index is 1.78. The zero-order chi connectivity index (χ0) is 24.3. The molecule has 0 aliphatic rings. The van der Waals surface area contributed by atoms with E-state index in [0.717, 1.165) is 17.7 Å². The Kier molecular flexibility index (Phi) is 10.4. The Morgan fingerprint density at radius 3 is 2.15 bits per heavy atom. The van der Waals surface area contributed by atoms with Gasteiger partial charge in [-0.2, -0.15) is 0 Å². The summed E-state index contributed by atoms with van der Waals surface area (Å²) >= 11 is 1.69. The van der Waals surface area contributed by atoms with E-state index in [-0.39, 0.29) is 13.2 Å². The second kappa shape index (κ2) is 13.0. The highest BCUT2D eigenvalue weighted by molar-refractivity contribution is 7.99. The molecule has 3 N–H and O–H groups in total. The van der Waals surface area contributed by atoms with Crippen LogP contribution in [0.2, 0.25) is 0 Å². The van der Waals surface area contributed by atoms with Gasteiger partial charge in [0.1, 0.15) is 0 Å². The summed E-state index contributed by atoms with van der Waals surface area (Å²) in [7, 11) is 0. The standard InChI is InChI=1S/C24H28O8S/c1-2-31-23(29)24(30,22(27)28)20(21(25)26)32-16-8-4-5-9-17-12-14-19(15-13-17)33-18-10-6-3-7-11-18/h3,6-7,10-15,20,30H,2,4-5,8-9,16H2,1H3,(H,25,26)(H,27,28). The van der Waals surface area contributed by atoms with Crippen molar-refractivity contribution in [3.05, 3.63) is 60.2 Å². The molecule has 2 aromatic rings. The van der Waals surface area contributed by atoms with E-state index in [2.05, 4.69) is 41.1 Å². The van der Waals surface area contributed by atoms with Crippen LogP contribution < -0.4 is 0 Å². The van der Waals surface area contributed by atoms with E-state index in [4.69, 9.17) is 4.74 Å². The molecule has 2 aromatic carbocycles. The number of ether oxygens (including phenoxy) is 2. The highest BCUT2D eigenvalue weighted by atomic mass is 32.2. The summed E-state index contributed by atoms with van der Waals surface area (Å²) < 4.78 is 9.61. The fraction of sp³-hybridized carbons (Fsp3) is 0.375. The number of aliphatic carboxylic acids is 2. The van der Waals surface area contributed by atoms with E-state index >= 15 is 0 Å². The summed E-state index contributed by atoms with van der Waals surface area (Å²) in [5.74, 6) is -5.37. The van der Waals surface area contributed by atoms with Gasteiger partial charge in [-0.3, -0.25) is 0 Å². The summed E-state index contributed by atoms with van der Waals surface area (Å²) in [4.78, 5) is 37.0. The molecule has 0 spiro atoms. The number of carbonyl (C=O) groups excluding carboxylic acids is 1. The van der Waals surface area contributed by atoms with Crippen molar-refractivity contribution in [2.75, 3.05) is 13.2 Å². The molecule has 2 unspecified atom stereocenters. The Hall–Kier alpha value is -2.88. The largest absolute Gasteiger partial charge is 0.479 e. The molecule has 0 radical (unpaired) electrons. The predicted molar refractivity (Wildman–Crippen MR) is 121 cm³/mol. The van der Waals surface area contributed by atoms with Gasteiger partial charge in [0.15, 0.2) is 0 Å². The third kappa shape index (κ3) is 7.59. The monoisotopic (exact) mass is 476 g/mol. The molecule has 0 saturated carbocycles. The SMILES string of the molecule is CCOC(=O)C(O)(C(=O)O)C(OCCCCCc1ccc(Sc2ccccc2)cc1)C(=O)O. The van der Waals surface area contributed by atoms with Gasteiger partial charge in [-0.15, -0.1) is 0 Å². The van der Waals surface area contributed by atoms with E-state index in [1.165, 1.54) is 17.4 Å². The molecule has 0 aromatic heterocycles. The molecule has 8 nitrogen and oxygen atoms in total. The number of hydrogen-bond acceptors (Lipinski definition) is 7. The maximum absolute atomic E-state index is 11.9. The van der Waals surface area contributed by atoms with E-state index in [1.807, 2.05) is 18.2 Å². The maximum atomic E-state index is 11.9. The van der Waals surface area contributed by atoms with Crippen LogP contribution in [0.4, 0.5) is 0 Å². The normalized spacial score (nSPS) is 13.6. The number of carbonyl (C=O) groups is 3. The lowest BCUT2D eigenvalue weighted by molar-refractivity contribution is -0.204. The lowest BCUT2D eigenvalue weighted by Gasteiger charge is -2.27. The number of hydrogen-bond donors (Lipinski definition) is 3. The lowest BCUT2D eigenvalue weighted by atomic mass is 9.96. The van der Waals surface area contributed by atoms with Crippen molar-refractivity contribution in [2.24, 2.45) is 0 Å². The van der Waals surface area contributed by atoms with Crippen molar-refractivity contribution in [1.29, 1.82) is 0 Å². The van der Waals surface area contributed by atoms with Crippen LogP contribution in [0.25, 0.3) is 0 Å². The third-order valence-electron chi connectivity index (χ3n) is 4.81. The lowest BCUT2D eigenvalue weighted by Crippen LogP contribution is -2.60. The Morgan fingerprint density at radius 1 is 0.939 bits per heavy atom. The second-order valence-electron chi connectivity index (χ2n) is 7.25. The van der Waals surface area contributed by atoms with Gasteiger partial charge in [-0.25, -0.2) is 14.4 Å². The molecule has 178 valence electrons. The Morgan fingerprint density at radius 2 is 1.58 bits per heavy atom. The molecule has 0 bridgehead atoms. The van der Waals surface area contributed by atoms with Gasteiger partial charge in [0.2, 0.25) is 6.10 Å². The first-order valence-electron chi connectivity index (χ1n) is 10.6. The van der Waals surface area contributed by atoms with Gasteiger partial charge in [0, 0.05) is 16.4 Å². The van der Waals surface area contributed by atoms with Crippen molar-refractivity contribution < 1.29 is 39.2 Å². The number of benzene rings is 2. The number of aryl methyl sites for hydroxylation is 1. The summed E-state index contributed by atoms with van der Waals surface area (Å²) in [6.07, 6.45) is 0.485. The first-order valence-corrected chi connectivity index (χ1v) is 11.4. The molecule has 9 heteroatoms. The highest BCUT2D eigenvalue weighted by Gasteiger charge is 2.57. The maximum Gasteiger partial charge on any atom is 0.353 e. The topological polar surface area (TPSA) is 130 Å². The zero-order valence-corrected chi connectivity index (χ0v) is 19.1. The van der Waals surface area contributed by atoms with E-state index in [0.29, 0.717) is 12.8 Å². The smallest absolute Gasteiger partial charge is 0.353 e. The van der Waals surface area contributed by atoms with Gasteiger partial charge in [0.25, 0.3) is 5.60 Å². The van der Waals surface area contributed by atoms with Crippen LogP contribution in [-0.2, 0) is 30.3 Å². The van der Waals surface area contributed by atoms with Crippen molar-refractivity contribution in [2.45, 2.75) is 54.1 Å². The number of aliphatic hydroxyl groups is 1. The molecular formula is C24H28O8S. The van der Waals surface area contributed by atoms with Gasteiger partial charge in [-0.1, -0.05) is 48.5 Å². The number of rotatable bonds is 14. The zero-order valence-electron chi connectivity index (χ0n) is 18.3. The molecule has 2 atom stereocenters. The molecular weight excluding hydrogens is 448 g/mol. The minimum atomic E-state index is -3.32. The highest BCUT2D eigenvalue weighted by Crippen LogP contribution is 2.27. The predicted octanol–water partition coefficient (Wildman–Crippen LogP) is 3.40. The number of carboxylic acids is 2. The van der Waals surface area contributed by atoms with Crippen LogP contribution >= 0.6 is 11.8 Å². The average Bonchev–Trinajstić information content (AvgIpc) is 2.79. The molecule has 0 aliphatic heterocycles. The minimum Gasteiger partial charge on any atom is -0.479 e. The van der Waals surface area contributed by atoms with Gasteiger partial charge < -0.3 is 24.8 Å².